The lowest BCUT2D eigenvalue weighted by Gasteiger charge is -2.08. The van der Waals surface area contributed by atoms with Gasteiger partial charge in [0.1, 0.15) is 18.7 Å². The number of ether oxygens (including phenoxy) is 1. The van der Waals surface area contributed by atoms with E-state index in [1.54, 1.807) is 48.5 Å². The second kappa shape index (κ2) is 7.53. The van der Waals surface area contributed by atoms with Crippen LogP contribution in [-0.2, 0) is 6.61 Å². The Morgan fingerprint density at radius 1 is 1.18 bits per heavy atom. The summed E-state index contributed by atoms with van der Waals surface area (Å²) >= 11 is 5.91. The van der Waals surface area contributed by atoms with Crippen molar-refractivity contribution in [2.45, 2.75) is 6.61 Å². The average Bonchev–Trinajstić information content (AvgIpc) is 3.17. The van der Waals surface area contributed by atoms with Gasteiger partial charge in [0.05, 0.1) is 5.69 Å². The minimum Gasteiger partial charge on any atom is -0.487 e. The number of amides is 1. The lowest BCUT2D eigenvalue weighted by Crippen LogP contribution is -2.16. The fourth-order valence-corrected chi connectivity index (χ4v) is 2.76. The quantitative estimate of drug-likeness (QED) is 0.541. The van der Waals surface area contributed by atoms with Crippen molar-refractivity contribution in [1.29, 1.82) is 0 Å². The molecule has 140 valence electrons. The Balaban J connectivity index is 1.40. The highest BCUT2D eigenvalue weighted by atomic mass is 35.5. The van der Waals surface area contributed by atoms with E-state index >= 15 is 0 Å². The number of fused-ring (bicyclic) bond motifs is 1. The van der Waals surface area contributed by atoms with E-state index in [-0.39, 0.29) is 23.9 Å². The van der Waals surface area contributed by atoms with Crippen LogP contribution in [0, 0.1) is 0 Å². The predicted octanol–water partition coefficient (Wildman–Crippen LogP) is 2.90. The third-order valence-electron chi connectivity index (χ3n) is 3.91. The third-order valence-corrected chi connectivity index (χ3v) is 4.14. The van der Waals surface area contributed by atoms with Gasteiger partial charge in [0, 0.05) is 22.3 Å². The van der Waals surface area contributed by atoms with Gasteiger partial charge in [-0.15, -0.1) is 0 Å². The lowest BCUT2D eigenvalue weighted by molar-refractivity contribution is 0.102. The molecule has 2 aromatic carbocycles. The summed E-state index contributed by atoms with van der Waals surface area (Å²) in [5.74, 6) is 0.600. The molecule has 4 rings (SSSR count). The molecule has 0 radical (unpaired) electrons. The highest BCUT2D eigenvalue weighted by Crippen LogP contribution is 2.18. The topological polar surface area (TPSA) is 101 Å². The summed E-state index contributed by atoms with van der Waals surface area (Å²) in [7, 11) is 0. The van der Waals surface area contributed by atoms with Gasteiger partial charge >= 0.3 is 0 Å². The van der Waals surface area contributed by atoms with E-state index in [1.807, 2.05) is 0 Å². The molecule has 9 heteroatoms. The van der Waals surface area contributed by atoms with E-state index in [4.69, 9.17) is 16.3 Å². The van der Waals surface area contributed by atoms with Crippen molar-refractivity contribution in [3.05, 3.63) is 87.6 Å². The maximum absolute atomic E-state index is 12.2. The van der Waals surface area contributed by atoms with Crippen LogP contribution in [0.5, 0.6) is 5.75 Å². The molecule has 0 bridgehead atoms. The number of anilines is 1. The van der Waals surface area contributed by atoms with Crippen molar-refractivity contribution in [2.24, 2.45) is 0 Å². The SMILES string of the molecule is O=C(Nc1ccc(OCc2cc(=O)n3[nH]cnc3n2)cc1)c1cccc(Cl)c1. The first kappa shape index (κ1) is 17.7. The summed E-state index contributed by atoms with van der Waals surface area (Å²) in [6.45, 7) is 0.118. The molecule has 0 saturated heterocycles. The number of hydrogen-bond donors (Lipinski definition) is 2. The molecule has 0 fully saturated rings. The average molecular weight is 396 g/mol. The Kier molecular flexibility index (Phi) is 4.77. The van der Waals surface area contributed by atoms with Crippen LogP contribution < -0.4 is 15.6 Å². The van der Waals surface area contributed by atoms with Crippen molar-refractivity contribution in [3.8, 4) is 5.75 Å². The minimum atomic E-state index is -0.264. The van der Waals surface area contributed by atoms with Gasteiger partial charge in [0.2, 0.25) is 0 Å². The molecule has 0 aliphatic carbocycles. The third kappa shape index (κ3) is 3.86. The molecule has 0 spiro atoms. The summed E-state index contributed by atoms with van der Waals surface area (Å²) in [4.78, 5) is 32.3. The predicted molar refractivity (Wildman–Crippen MR) is 104 cm³/mol. The van der Waals surface area contributed by atoms with Crippen LogP contribution in [0.15, 0.2) is 65.7 Å². The normalized spacial score (nSPS) is 10.8. The number of nitrogens with one attached hydrogen (secondary N) is 2. The van der Waals surface area contributed by atoms with Gasteiger partial charge in [0.25, 0.3) is 17.2 Å². The Bertz CT molecular complexity index is 1200. The molecule has 4 aromatic rings. The summed E-state index contributed by atoms with van der Waals surface area (Å²) in [5.41, 5.74) is 1.29. The number of hydrogen-bond acceptors (Lipinski definition) is 5. The molecule has 0 unspecified atom stereocenters. The fourth-order valence-electron chi connectivity index (χ4n) is 2.57. The van der Waals surface area contributed by atoms with Gasteiger partial charge in [-0.25, -0.2) is 9.97 Å². The van der Waals surface area contributed by atoms with Crippen LogP contribution in [0.1, 0.15) is 16.1 Å². The minimum absolute atomic E-state index is 0.118. The fraction of sp³-hybridized carbons (Fsp3) is 0.0526. The van der Waals surface area contributed by atoms with E-state index in [1.165, 1.54) is 16.9 Å². The van der Waals surface area contributed by atoms with Gasteiger partial charge < -0.3 is 10.1 Å². The second-order valence-corrected chi connectivity index (χ2v) is 6.32. The zero-order valence-corrected chi connectivity index (χ0v) is 15.2. The zero-order chi connectivity index (χ0) is 19.5. The highest BCUT2D eigenvalue weighted by molar-refractivity contribution is 6.31. The number of aromatic nitrogens is 4. The Morgan fingerprint density at radius 2 is 2.00 bits per heavy atom. The summed E-state index contributed by atoms with van der Waals surface area (Å²) in [5, 5.41) is 5.96. The number of H-pyrrole nitrogens is 1. The molecule has 28 heavy (non-hydrogen) atoms. The van der Waals surface area contributed by atoms with Gasteiger partial charge in [0.15, 0.2) is 0 Å². The van der Waals surface area contributed by atoms with Gasteiger partial charge in [-0.1, -0.05) is 17.7 Å². The van der Waals surface area contributed by atoms with Crippen molar-refractivity contribution in [3.63, 3.8) is 0 Å². The molecule has 2 aromatic heterocycles. The Labute approximate surface area is 163 Å². The largest absolute Gasteiger partial charge is 0.487 e. The van der Waals surface area contributed by atoms with E-state index in [2.05, 4.69) is 20.4 Å². The molecule has 0 atom stereocenters. The van der Waals surface area contributed by atoms with Crippen LogP contribution in [0.25, 0.3) is 5.78 Å². The van der Waals surface area contributed by atoms with Gasteiger partial charge in [-0.2, -0.15) is 4.52 Å². The molecule has 2 heterocycles. The van der Waals surface area contributed by atoms with Crippen molar-refractivity contribution >= 4 is 29.0 Å². The number of halogens is 1. The monoisotopic (exact) mass is 395 g/mol. The summed E-state index contributed by atoms with van der Waals surface area (Å²) in [6.07, 6.45) is 1.39. The van der Waals surface area contributed by atoms with Gasteiger partial charge in [-0.3, -0.25) is 14.7 Å². The zero-order valence-electron chi connectivity index (χ0n) is 14.4. The van der Waals surface area contributed by atoms with Crippen LogP contribution in [0.3, 0.4) is 0 Å². The first-order valence-electron chi connectivity index (χ1n) is 8.30. The number of nitrogens with zero attached hydrogens (tertiary/aromatic N) is 3. The summed E-state index contributed by atoms with van der Waals surface area (Å²) < 4.78 is 6.89. The smallest absolute Gasteiger partial charge is 0.274 e. The van der Waals surface area contributed by atoms with E-state index in [0.29, 0.717) is 27.7 Å². The van der Waals surface area contributed by atoms with Crippen LogP contribution >= 0.6 is 11.6 Å². The maximum atomic E-state index is 12.2. The standard InChI is InChI=1S/C19H14ClN5O3/c20-13-3-1-2-12(8-13)18(27)23-14-4-6-16(7-5-14)28-10-15-9-17(26)25-19(24-15)21-11-22-25/h1-9,11H,10H2,(H,23,27)(H,21,22,24). The number of aromatic amines is 1. The van der Waals surface area contributed by atoms with Crippen LogP contribution in [-0.4, -0.2) is 25.5 Å². The van der Waals surface area contributed by atoms with Crippen LogP contribution in [0.4, 0.5) is 5.69 Å². The highest BCUT2D eigenvalue weighted by Gasteiger charge is 2.08. The number of benzene rings is 2. The molecule has 2 N–H and O–H groups in total. The van der Waals surface area contributed by atoms with Crippen molar-refractivity contribution in [2.75, 3.05) is 5.32 Å². The first-order valence-corrected chi connectivity index (χ1v) is 8.68. The molecule has 0 aliphatic rings. The lowest BCUT2D eigenvalue weighted by atomic mass is 10.2. The number of carbonyl (C=O) groups excluding carboxylic acids is 1. The Hall–Kier alpha value is -3.65. The molecule has 0 saturated carbocycles. The number of rotatable bonds is 5. The molecule has 0 aliphatic heterocycles. The maximum Gasteiger partial charge on any atom is 0.274 e. The Morgan fingerprint density at radius 3 is 2.79 bits per heavy atom. The molecule has 8 nitrogen and oxygen atoms in total. The molecular weight excluding hydrogens is 382 g/mol. The van der Waals surface area contributed by atoms with Gasteiger partial charge in [-0.05, 0) is 42.5 Å². The molecular formula is C19H14ClN5O3. The summed E-state index contributed by atoms with van der Waals surface area (Å²) in [6, 6.07) is 15.0. The number of carbonyl (C=O) groups is 1. The second-order valence-electron chi connectivity index (χ2n) is 5.89. The van der Waals surface area contributed by atoms with E-state index < -0.39 is 0 Å². The van der Waals surface area contributed by atoms with Crippen LogP contribution in [0.2, 0.25) is 5.02 Å². The van der Waals surface area contributed by atoms with E-state index in [0.717, 1.165) is 0 Å². The van der Waals surface area contributed by atoms with E-state index in [9.17, 15) is 9.59 Å². The van der Waals surface area contributed by atoms with Crippen molar-refractivity contribution < 1.29 is 9.53 Å². The van der Waals surface area contributed by atoms with Crippen molar-refractivity contribution in [1.82, 2.24) is 19.6 Å². The first-order chi connectivity index (χ1) is 13.6. The molecule has 1 amide bonds.